The predicted molar refractivity (Wildman–Crippen MR) is 65.1 cm³/mol. The van der Waals surface area contributed by atoms with Gasteiger partial charge >= 0.3 is 0 Å². The molecule has 1 aliphatic heterocycles. The van der Waals surface area contributed by atoms with Gasteiger partial charge in [-0.2, -0.15) is 0 Å². The highest BCUT2D eigenvalue weighted by Gasteiger charge is 1.91. The largest absolute Gasteiger partial charge is 0.354 e. The van der Waals surface area contributed by atoms with Crippen LogP contribution in [0.15, 0.2) is 24.5 Å². The quantitative estimate of drug-likeness (QED) is 0.789. The molecule has 15 heavy (non-hydrogen) atoms. The molecular weight excluding hydrogens is 186 g/mol. The molecule has 86 valence electrons. The van der Waals surface area contributed by atoms with Crippen LogP contribution in [-0.2, 0) is 6.54 Å². The van der Waals surface area contributed by atoms with Crippen molar-refractivity contribution in [1.82, 2.24) is 15.2 Å². The van der Waals surface area contributed by atoms with Gasteiger partial charge in [0.25, 0.3) is 0 Å². The number of unbranched alkanes of at least 4 members (excludes halogenated alkanes) is 1. The molecule has 0 aliphatic carbocycles. The van der Waals surface area contributed by atoms with Gasteiger partial charge in [-0.25, -0.2) is 0 Å². The maximum atomic E-state index is 3.22. The average molecular weight is 209 g/mol. The Kier molecular flexibility index (Phi) is 6.96. The minimum Gasteiger partial charge on any atom is -0.354 e. The minimum atomic E-state index is 1.14. The lowest BCUT2D eigenvalue weighted by Gasteiger charge is -2.11. The molecule has 0 saturated carbocycles. The van der Waals surface area contributed by atoms with Gasteiger partial charge in [0.1, 0.15) is 0 Å². The topological polar surface area (TPSA) is 29.0 Å². The van der Waals surface area contributed by atoms with Gasteiger partial charge in [-0.3, -0.25) is 0 Å². The Hall–Kier alpha value is -0.800. The standard InChI is InChI=1S/C8H13N.C4H10N2/c1-2-3-6-9-7-4-5-8-9;1-2-6-4-3-5-1/h4-5,7-8H,2-3,6H2,1H3;5-6H,1-4H2. The Balaban J connectivity index is 0.000000162. The summed E-state index contributed by atoms with van der Waals surface area (Å²) in [5.74, 6) is 0. The summed E-state index contributed by atoms with van der Waals surface area (Å²) < 4.78 is 2.21. The van der Waals surface area contributed by atoms with E-state index in [1.165, 1.54) is 19.4 Å². The highest BCUT2D eigenvalue weighted by Crippen LogP contribution is 1.94. The van der Waals surface area contributed by atoms with Crippen molar-refractivity contribution in [3.63, 3.8) is 0 Å². The molecule has 0 unspecified atom stereocenters. The molecule has 0 atom stereocenters. The summed E-state index contributed by atoms with van der Waals surface area (Å²) in [4.78, 5) is 0. The van der Waals surface area contributed by atoms with E-state index in [1.54, 1.807) is 0 Å². The molecule has 3 heteroatoms. The maximum absolute atomic E-state index is 3.22. The second-order valence-electron chi connectivity index (χ2n) is 3.77. The predicted octanol–water partition coefficient (Wildman–Crippen LogP) is 1.47. The third-order valence-corrected chi connectivity index (χ3v) is 2.39. The fourth-order valence-corrected chi connectivity index (χ4v) is 1.46. The molecule has 2 heterocycles. The molecule has 0 radical (unpaired) electrons. The van der Waals surface area contributed by atoms with E-state index in [1.807, 2.05) is 0 Å². The van der Waals surface area contributed by atoms with E-state index in [0.29, 0.717) is 0 Å². The van der Waals surface area contributed by atoms with Crippen molar-refractivity contribution in [3.05, 3.63) is 24.5 Å². The minimum absolute atomic E-state index is 1.14. The molecule has 1 aromatic heterocycles. The van der Waals surface area contributed by atoms with Crippen molar-refractivity contribution in [1.29, 1.82) is 0 Å². The lowest BCUT2D eigenvalue weighted by atomic mass is 10.3. The number of hydrogen-bond donors (Lipinski definition) is 2. The third-order valence-electron chi connectivity index (χ3n) is 2.39. The van der Waals surface area contributed by atoms with Gasteiger partial charge in [-0.05, 0) is 18.6 Å². The van der Waals surface area contributed by atoms with Gasteiger partial charge < -0.3 is 15.2 Å². The molecule has 0 bridgehead atoms. The third kappa shape index (κ3) is 6.31. The van der Waals surface area contributed by atoms with E-state index < -0.39 is 0 Å². The van der Waals surface area contributed by atoms with E-state index in [2.05, 4.69) is 46.7 Å². The highest BCUT2D eigenvalue weighted by molar-refractivity contribution is 4.89. The van der Waals surface area contributed by atoms with Crippen LogP contribution in [-0.4, -0.2) is 30.7 Å². The van der Waals surface area contributed by atoms with E-state index in [9.17, 15) is 0 Å². The van der Waals surface area contributed by atoms with Crippen LogP contribution < -0.4 is 10.6 Å². The highest BCUT2D eigenvalue weighted by atomic mass is 15.0. The first-order valence-electron chi connectivity index (χ1n) is 5.95. The first-order valence-corrected chi connectivity index (χ1v) is 5.95. The van der Waals surface area contributed by atoms with Gasteiger partial charge in [-0.15, -0.1) is 0 Å². The van der Waals surface area contributed by atoms with Gasteiger partial charge in [-0.1, -0.05) is 13.3 Å². The molecule has 3 nitrogen and oxygen atoms in total. The molecule has 2 N–H and O–H groups in total. The number of rotatable bonds is 3. The van der Waals surface area contributed by atoms with Crippen LogP contribution in [0.25, 0.3) is 0 Å². The number of piperazine rings is 1. The van der Waals surface area contributed by atoms with Crippen LogP contribution in [0.3, 0.4) is 0 Å². The van der Waals surface area contributed by atoms with Crippen LogP contribution in [0.2, 0.25) is 0 Å². The van der Waals surface area contributed by atoms with Crippen LogP contribution in [0, 0.1) is 0 Å². The van der Waals surface area contributed by atoms with Crippen LogP contribution in [0.5, 0.6) is 0 Å². The van der Waals surface area contributed by atoms with Crippen molar-refractivity contribution in [2.24, 2.45) is 0 Å². The molecular formula is C12H23N3. The second kappa shape index (κ2) is 8.50. The first-order chi connectivity index (χ1) is 7.43. The fourth-order valence-electron chi connectivity index (χ4n) is 1.46. The number of hydrogen-bond acceptors (Lipinski definition) is 2. The summed E-state index contributed by atoms with van der Waals surface area (Å²) in [7, 11) is 0. The summed E-state index contributed by atoms with van der Waals surface area (Å²) >= 11 is 0. The number of nitrogens with one attached hydrogen (secondary N) is 2. The molecule has 0 spiro atoms. The first kappa shape index (κ1) is 12.3. The Morgan fingerprint density at radius 2 is 1.53 bits per heavy atom. The van der Waals surface area contributed by atoms with E-state index >= 15 is 0 Å². The van der Waals surface area contributed by atoms with Crippen molar-refractivity contribution in [2.75, 3.05) is 26.2 Å². The Labute approximate surface area is 92.9 Å². The zero-order valence-electron chi connectivity index (χ0n) is 9.71. The van der Waals surface area contributed by atoms with Gasteiger partial charge in [0.2, 0.25) is 0 Å². The summed E-state index contributed by atoms with van der Waals surface area (Å²) in [5, 5.41) is 6.44. The fraction of sp³-hybridized carbons (Fsp3) is 0.667. The molecule has 2 rings (SSSR count). The molecule has 0 amide bonds. The van der Waals surface area contributed by atoms with Crippen molar-refractivity contribution in [2.45, 2.75) is 26.3 Å². The second-order valence-corrected chi connectivity index (χ2v) is 3.77. The summed E-state index contributed by atoms with van der Waals surface area (Å²) in [6.45, 7) is 7.94. The molecule has 1 fully saturated rings. The number of aryl methyl sites for hydroxylation is 1. The number of aromatic nitrogens is 1. The molecule has 1 aliphatic rings. The van der Waals surface area contributed by atoms with Crippen LogP contribution >= 0.6 is 0 Å². The zero-order chi connectivity index (χ0) is 10.8. The van der Waals surface area contributed by atoms with E-state index in [0.717, 1.165) is 26.2 Å². The Morgan fingerprint density at radius 3 is 1.93 bits per heavy atom. The van der Waals surface area contributed by atoms with Gasteiger partial charge in [0, 0.05) is 45.1 Å². The van der Waals surface area contributed by atoms with Crippen LogP contribution in [0.1, 0.15) is 19.8 Å². The monoisotopic (exact) mass is 209 g/mol. The van der Waals surface area contributed by atoms with E-state index in [4.69, 9.17) is 0 Å². The van der Waals surface area contributed by atoms with Crippen molar-refractivity contribution >= 4 is 0 Å². The van der Waals surface area contributed by atoms with Gasteiger partial charge in [0.15, 0.2) is 0 Å². The SMILES string of the molecule is C1CNCCN1.CCCCn1cccc1. The Morgan fingerprint density at radius 1 is 1.00 bits per heavy atom. The average Bonchev–Trinajstić information content (AvgIpc) is 2.82. The summed E-state index contributed by atoms with van der Waals surface area (Å²) in [5.41, 5.74) is 0. The van der Waals surface area contributed by atoms with Crippen molar-refractivity contribution in [3.8, 4) is 0 Å². The smallest absolute Gasteiger partial charge is 0.0219 e. The maximum Gasteiger partial charge on any atom is 0.0219 e. The lowest BCUT2D eigenvalue weighted by molar-refractivity contribution is 0.534. The van der Waals surface area contributed by atoms with Gasteiger partial charge in [0.05, 0.1) is 0 Å². The zero-order valence-corrected chi connectivity index (χ0v) is 9.71. The molecule has 0 aromatic carbocycles. The van der Waals surface area contributed by atoms with Crippen LogP contribution in [0.4, 0.5) is 0 Å². The van der Waals surface area contributed by atoms with E-state index in [-0.39, 0.29) is 0 Å². The number of nitrogens with zero attached hydrogens (tertiary/aromatic N) is 1. The summed E-state index contributed by atoms with van der Waals surface area (Å²) in [6.07, 6.45) is 6.78. The lowest BCUT2D eigenvalue weighted by Crippen LogP contribution is -2.39. The Bertz CT molecular complexity index is 203. The normalized spacial score (nSPS) is 15.5. The summed E-state index contributed by atoms with van der Waals surface area (Å²) in [6, 6.07) is 4.13. The molecule has 1 saturated heterocycles. The molecule has 1 aromatic rings. The van der Waals surface area contributed by atoms with Crippen molar-refractivity contribution < 1.29 is 0 Å².